The Morgan fingerprint density at radius 2 is 2.08 bits per heavy atom. The first kappa shape index (κ1) is 11.4. The van der Waals surface area contributed by atoms with Crippen LogP contribution >= 0.6 is 8.53 Å². The lowest BCUT2D eigenvalue weighted by atomic mass is 9.81. The van der Waals surface area contributed by atoms with Gasteiger partial charge in [-0.2, -0.15) is 0 Å². The van der Waals surface area contributed by atoms with Gasteiger partial charge in [-0.3, -0.25) is 0 Å². The van der Waals surface area contributed by atoms with E-state index in [2.05, 4.69) is 32.5 Å². The van der Waals surface area contributed by atoms with Crippen molar-refractivity contribution in [3.63, 3.8) is 0 Å². The molecule has 2 atom stereocenters. The Kier molecular flexibility index (Phi) is 3.70. The van der Waals surface area contributed by atoms with Gasteiger partial charge in [0, 0.05) is 19.6 Å². The molecule has 0 aliphatic carbocycles. The van der Waals surface area contributed by atoms with Gasteiger partial charge in [-0.05, 0) is 12.5 Å². The molecule has 1 saturated heterocycles. The Hall–Kier alpha value is 0.310. The van der Waals surface area contributed by atoms with Crippen LogP contribution in [0.25, 0.3) is 0 Å². The van der Waals surface area contributed by atoms with E-state index < -0.39 is 8.53 Å². The molecule has 0 spiro atoms. The van der Waals surface area contributed by atoms with Crippen molar-refractivity contribution >= 4 is 8.53 Å². The van der Waals surface area contributed by atoms with Crippen LogP contribution in [-0.4, -0.2) is 32.0 Å². The van der Waals surface area contributed by atoms with Crippen molar-refractivity contribution in [2.75, 3.05) is 27.3 Å². The van der Waals surface area contributed by atoms with E-state index in [9.17, 15) is 0 Å². The molecule has 0 radical (unpaired) electrons. The summed E-state index contributed by atoms with van der Waals surface area (Å²) in [6.45, 7) is 8.68. The van der Waals surface area contributed by atoms with Crippen LogP contribution in [0.2, 0.25) is 0 Å². The van der Waals surface area contributed by atoms with E-state index in [4.69, 9.17) is 9.05 Å². The zero-order valence-corrected chi connectivity index (χ0v) is 10.1. The largest absolute Gasteiger partial charge is 0.325 e. The van der Waals surface area contributed by atoms with Gasteiger partial charge in [0.05, 0.1) is 6.61 Å². The van der Waals surface area contributed by atoms with E-state index in [1.807, 2.05) is 0 Å². The fourth-order valence-corrected chi connectivity index (χ4v) is 2.63. The second-order valence-corrected chi connectivity index (χ2v) is 6.40. The van der Waals surface area contributed by atoms with Crippen molar-refractivity contribution in [3.05, 3.63) is 0 Å². The SMILES string of the molecule is CO[P@]1OC[C@@H](C(C)(C)C)CN1C. The highest BCUT2D eigenvalue weighted by molar-refractivity contribution is 7.44. The Morgan fingerprint density at radius 1 is 1.46 bits per heavy atom. The number of hydrogen-bond acceptors (Lipinski definition) is 3. The third-order valence-electron chi connectivity index (χ3n) is 2.53. The Bertz CT molecular complexity index is 169. The third-order valence-corrected chi connectivity index (χ3v) is 3.93. The highest BCUT2D eigenvalue weighted by atomic mass is 31.2. The molecule has 78 valence electrons. The van der Waals surface area contributed by atoms with Gasteiger partial charge >= 0.3 is 0 Å². The van der Waals surface area contributed by atoms with Crippen LogP contribution in [0.4, 0.5) is 0 Å². The first-order valence-corrected chi connectivity index (χ1v) is 5.76. The molecule has 0 unspecified atom stereocenters. The summed E-state index contributed by atoms with van der Waals surface area (Å²) >= 11 is 0. The lowest BCUT2D eigenvalue weighted by Gasteiger charge is -2.40. The summed E-state index contributed by atoms with van der Waals surface area (Å²) in [5.74, 6) is 0.603. The van der Waals surface area contributed by atoms with Crippen LogP contribution in [0.1, 0.15) is 20.8 Å². The molecule has 4 heteroatoms. The van der Waals surface area contributed by atoms with E-state index in [0.717, 1.165) is 13.2 Å². The lowest BCUT2D eigenvalue weighted by Crippen LogP contribution is -2.38. The number of nitrogens with zero attached hydrogens (tertiary/aromatic N) is 1. The molecule has 0 aromatic rings. The van der Waals surface area contributed by atoms with Crippen molar-refractivity contribution in [1.29, 1.82) is 0 Å². The molecule has 0 N–H and O–H groups in total. The second kappa shape index (κ2) is 4.22. The van der Waals surface area contributed by atoms with Crippen molar-refractivity contribution < 1.29 is 9.05 Å². The standard InChI is InChI=1S/C9H20NO2P/c1-9(2,3)8-6-10(4)13(11-5)12-7-8/h8H,6-7H2,1-5H3/t8-,13+/m0/s1. The molecule has 1 aliphatic heterocycles. The van der Waals surface area contributed by atoms with Gasteiger partial charge in [0.25, 0.3) is 8.53 Å². The summed E-state index contributed by atoms with van der Waals surface area (Å²) < 4.78 is 13.1. The van der Waals surface area contributed by atoms with E-state index in [0.29, 0.717) is 11.3 Å². The minimum absolute atomic E-state index is 0.323. The highest BCUT2D eigenvalue weighted by Crippen LogP contribution is 2.47. The molecule has 3 nitrogen and oxygen atoms in total. The summed E-state index contributed by atoms with van der Waals surface area (Å²) in [5, 5.41) is 0. The summed E-state index contributed by atoms with van der Waals surface area (Å²) in [4.78, 5) is 0. The van der Waals surface area contributed by atoms with Gasteiger partial charge < -0.3 is 9.05 Å². The molecular weight excluding hydrogens is 185 g/mol. The van der Waals surface area contributed by atoms with Crippen LogP contribution in [0.3, 0.4) is 0 Å². The smallest absolute Gasteiger partial charge is 0.258 e. The van der Waals surface area contributed by atoms with E-state index >= 15 is 0 Å². The van der Waals surface area contributed by atoms with Crippen molar-refractivity contribution in [2.24, 2.45) is 11.3 Å². The van der Waals surface area contributed by atoms with E-state index in [1.54, 1.807) is 7.11 Å². The molecule has 0 saturated carbocycles. The van der Waals surface area contributed by atoms with Crippen molar-refractivity contribution in [2.45, 2.75) is 20.8 Å². The molecule has 1 heterocycles. The van der Waals surface area contributed by atoms with Crippen molar-refractivity contribution in [1.82, 2.24) is 4.67 Å². The summed E-state index contributed by atoms with van der Waals surface area (Å²) in [6.07, 6.45) is 0. The fraction of sp³-hybridized carbons (Fsp3) is 1.00. The van der Waals surface area contributed by atoms with Crippen LogP contribution in [-0.2, 0) is 9.05 Å². The molecule has 13 heavy (non-hydrogen) atoms. The number of rotatable bonds is 1. The summed E-state index contributed by atoms with van der Waals surface area (Å²) in [6, 6.07) is 0. The predicted molar refractivity (Wildman–Crippen MR) is 55.5 cm³/mol. The van der Waals surface area contributed by atoms with Crippen LogP contribution in [0.15, 0.2) is 0 Å². The maximum atomic E-state index is 5.65. The third kappa shape index (κ3) is 2.88. The minimum Gasteiger partial charge on any atom is -0.325 e. The first-order chi connectivity index (χ1) is 5.95. The van der Waals surface area contributed by atoms with Crippen molar-refractivity contribution in [3.8, 4) is 0 Å². The first-order valence-electron chi connectivity index (χ1n) is 4.63. The van der Waals surface area contributed by atoms with Gasteiger partial charge in [-0.25, -0.2) is 4.67 Å². The molecule has 1 rings (SSSR count). The Balaban J connectivity index is 2.51. The van der Waals surface area contributed by atoms with Crippen LogP contribution < -0.4 is 0 Å². The topological polar surface area (TPSA) is 21.7 Å². The Labute approximate surface area is 82.4 Å². The van der Waals surface area contributed by atoms with Crippen LogP contribution in [0.5, 0.6) is 0 Å². The van der Waals surface area contributed by atoms with E-state index in [-0.39, 0.29) is 0 Å². The molecule has 0 aromatic heterocycles. The lowest BCUT2D eigenvalue weighted by molar-refractivity contribution is 0.0817. The predicted octanol–water partition coefficient (Wildman–Crippen LogP) is 2.48. The highest BCUT2D eigenvalue weighted by Gasteiger charge is 2.34. The summed E-state index contributed by atoms with van der Waals surface area (Å²) in [5.41, 5.74) is 0.323. The second-order valence-electron chi connectivity index (χ2n) is 4.62. The monoisotopic (exact) mass is 205 g/mol. The summed E-state index contributed by atoms with van der Waals surface area (Å²) in [7, 11) is 3.00. The maximum Gasteiger partial charge on any atom is 0.258 e. The minimum atomic E-state index is -0.771. The number of hydrogen-bond donors (Lipinski definition) is 0. The molecule has 0 bridgehead atoms. The zero-order valence-electron chi connectivity index (χ0n) is 9.20. The fourth-order valence-electron chi connectivity index (χ4n) is 1.41. The van der Waals surface area contributed by atoms with Gasteiger partial charge in [-0.1, -0.05) is 20.8 Å². The molecule has 1 aliphatic rings. The molecule has 0 aromatic carbocycles. The Morgan fingerprint density at radius 3 is 2.46 bits per heavy atom. The molecular formula is C9H20NO2P. The van der Waals surface area contributed by atoms with Gasteiger partial charge in [0.15, 0.2) is 0 Å². The quantitative estimate of drug-likeness (QED) is 0.614. The van der Waals surface area contributed by atoms with Gasteiger partial charge in [0.2, 0.25) is 0 Å². The van der Waals surface area contributed by atoms with Crippen LogP contribution in [0, 0.1) is 11.3 Å². The maximum absolute atomic E-state index is 5.65. The van der Waals surface area contributed by atoms with Gasteiger partial charge in [0.1, 0.15) is 0 Å². The average Bonchev–Trinajstić information content (AvgIpc) is 2.02. The molecule has 0 amide bonds. The normalized spacial score (nSPS) is 32.1. The van der Waals surface area contributed by atoms with E-state index in [1.165, 1.54) is 0 Å². The zero-order chi connectivity index (χ0) is 10.1. The van der Waals surface area contributed by atoms with Gasteiger partial charge in [-0.15, -0.1) is 0 Å². The molecule has 1 fully saturated rings. The average molecular weight is 205 g/mol.